The summed E-state index contributed by atoms with van der Waals surface area (Å²) in [4.78, 5) is 1.09. The fourth-order valence-electron chi connectivity index (χ4n) is 1.03. The van der Waals surface area contributed by atoms with Crippen LogP contribution >= 0.6 is 11.3 Å². The van der Waals surface area contributed by atoms with Gasteiger partial charge in [-0.15, -0.1) is 17.9 Å². The summed E-state index contributed by atoms with van der Waals surface area (Å²) in [7, 11) is 1.66. The van der Waals surface area contributed by atoms with Gasteiger partial charge in [0, 0.05) is 6.04 Å². The number of methoxy groups -OCH3 is 1. The molecular formula is C9H13NOS. The lowest BCUT2D eigenvalue weighted by atomic mass is 10.2. The summed E-state index contributed by atoms with van der Waals surface area (Å²) < 4.78 is 5.15. The van der Waals surface area contributed by atoms with E-state index in [1.54, 1.807) is 18.4 Å². The molecule has 1 aromatic rings. The van der Waals surface area contributed by atoms with Crippen molar-refractivity contribution in [2.24, 2.45) is 5.73 Å². The molecule has 66 valence electrons. The van der Waals surface area contributed by atoms with Gasteiger partial charge in [0.15, 0.2) is 0 Å². The zero-order valence-electron chi connectivity index (χ0n) is 7.12. The minimum absolute atomic E-state index is 0.0254. The number of rotatable bonds is 4. The van der Waals surface area contributed by atoms with Crippen molar-refractivity contribution in [3.63, 3.8) is 0 Å². The first-order valence-electron chi connectivity index (χ1n) is 3.77. The van der Waals surface area contributed by atoms with E-state index in [4.69, 9.17) is 10.5 Å². The maximum atomic E-state index is 5.89. The maximum Gasteiger partial charge on any atom is 0.134 e. The predicted octanol–water partition coefficient (Wildman–Crippen LogP) is 2.33. The third kappa shape index (κ3) is 1.87. The normalized spacial score (nSPS) is 12.5. The molecule has 1 rings (SSSR count). The molecule has 0 radical (unpaired) electrons. The molecule has 2 N–H and O–H groups in total. The van der Waals surface area contributed by atoms with Crippen LogP contribution in [0.5, 0.6) is 5.75 Å². The largest absolute Gasteiger partial charge is 0.496 e. The Morgan fingerprint density at radius 3 is 3.17 bits per heavy atom. The van der Waals surface area contributed by atoms with Crippen LogP contribution in [-0.4, -0.2) is 7.11 Å². The standard InChI is InChI=1S/C9H13NOS/c1-3-4-7(10)9-8(11-2)5-6-12-9/h3,5-7H,1,4,10H2,2H3. The average Bonchev–Trinajstić information content (AvgIpc) is 2.51. The smallest absolute Gasteiger partial charge is 0.134 e. The molecule has 1 heterocycles. The molecular weight excluding hydrogens is 170 g/mol. The van der Waals surface area contributed by atoms with E-state index in [2.05, 4.69) is 6.58 Å². The SMILES string of the molecule is C=CCC(N)c1sccc1OC. The summed E-state index contributed by atoms with van der Waals surface area (Å²) >= 11 is 1.62. The van der Waals surface area contributed by atoms with Gasteiger partial charge in [0.25, 0.3) is 0 Å². The van der Waals surface area contributed by atoms with Gasteiger partial charge in [-0.1, -0.05) is 6.08 Å². The fraction of sp³-hybridized carbons (Fsp3) is 0.333. The van der Waals surface area contributed by atoms with E-state index >= 15 is 0 Å². The van der Waals surface area contributed by atoms with Crippen molar-refractivity contribution in [1.82, 2.24) is 0 Å². The minimum Gasteiger partial charge on any atom is -0.496 e. The highest BCUT2D eigenvalue weighted by Crippen LogP contribution is 2.30. The molecule has 1 atom stereocenters. The third-order valence-electron chi connectivity index (χ3n) is 1.63. The fourth-order valence-corrected chi connectivity index (χ4v) is 1.91. The van der Waals surface area contributed by atoms with Crippen LogP contribution in [-0.2, 0) is 0 Å². The number of nitrogens with two attached hydrogens (primary N) is 1. The number of thiophene rings is 1. The van der Waals surface area contributed by atoms with E-state index in [1.165, 1.54) is 0 Å². The van der Waals surface area contributed by atoms with Gasteiger partial charge in [0.2, 0.25) is 0 Å². The van der Waals surface area contributed by atoms with E-state index < -0.39 is 0 Å². The van der Waals surface area contributed by atoms with Crippen LogP contribution in [0.2, 0.25) is 0 Å². The first kappa shape index (κ1) is 9.29. The van der Waals surface area contributed by atoms with Crippen molar-refractivity contribution in [3.05, 3.63) is 29.0 Å². The first-order chi connectivity index (χ1) is 5.79. The van der Waals surface area contributed by atoms with Crippen molar-refractivity contribution in [1.29, 1.82) is 0 Å². The summed E-state index contributed by atoms with van der Waals surface area (Å²) in [6.45, 7) is 3.65. The van der Waals surface area contributed by atoms with E-state index in [0.29, 0.717) is 0 Å². The molecule has 0 saturated heterocycles. The second-order valence-corrected chi connectivity index (χ2v) is 3.43. The van der Waals surface area contributed by atoms with Gasteiger partial charge in [0.05, 0.1) is 12.0 Å². The van der Waals surface area contributed by atoms with Gasteiger partial charge in [0.1, 0.15) is 5.75 Å². The summed E-state index contributed by atoms with van der Waals surface area (Å²) in [5, 5.41) is 1.98. The van der Waals surface area contributed by atoms with Crippen molar-refractivity contribution < 1.29 is 4.74 Å². The Kier molecular flexibility index (Phi) is 3.31. The van der Waals surface area contributed by atoms with Crippen LogP contribution < -0.4 is 10.5 Å². The highest BCUT2D eigenvalue weighted by Gasteiger charge is 2.11. The minimum atomic E-state index is 0.0254. The number of ether oxygens (including phenoxy) is 1. The second kappa shape index (κ2) is 4.28. The van der Waals surface area contributed by atoms with Crippen LogP contribution in [0.25, 0.3) is 0 Å². The lowest BCUT2D eigenvalue weighted by molar-refractivity contribution is 0.409. The molecule has 0 aliphatic heterocycles. The van der Waals surface area contributed by atoms with Gasteiger partial charge >= 0.3 is 0 Å². The van der Waals surface area contributed by atoms with Gasteiger partial charge < -0.3 is 10.5 Å². The Bertz CT molecular complexity index is 257. The van der Waals surface area contributed by atoms with Gasteiger partial charge in [-0.2, -0.15) is 0 Å². The molecule has 0 aliphatic carbocycles. The molecule has 0 amide bonds. The second-order valence-electron chi connectivity index (χ2n) is 2.48. The predicted molar refractivity (Wildman–Crippen MR) is 52.6 cm³/mol. The summed E-state index contributed by atoms with van der Waals surface area (Å²) in [6.07, 6.45) is 2.61. The molecule has 0 saturated carbocycles. The monoisotopic (exact) mass is 183 g/mol. The van der Waals surface area contributed by atoms with E-state index in [0.717, 1.165) is 17.0 Å². The Balaban J connectivity index is 2.78. The molecule has 0 aliphatic rings. The number of hydrogen-bond donors (Lipinski definition) is 1. The molecule has 0 aromatic carbocycles. The quantitative estimate of drug-likeness (QED) is 0.727. The summed E-state index contributed by atoms with van der Waals surface area (Å²) in [6, 6.07) is 1.96. The lowest BCUT2D eigenvalue weighted by Gasteiger charge is -2.08. The molecule has 1 aromatic heterocycles. The molecule has 0 fully saturated rings. The topological polar surface area (TPSA) is 35.2 Å². The van der Waals surface area contributed by atoms with E-state index in [1.807, 2.05) is 17.5 Å². The van der Waals surface area contributed by atoms with Crippen molar-refractivity contribution in [2.75, 3.05) is 7.11 Å². The van der Waals surface area contributed by atoms with Crippen LogP contribution in [0.1, 0.15) is 17.3 Å². The lowest BCUT2D eigenvalue weighted by Crippen LogP contribution is -2.07. The Morgan fingerprint density at radius 1 is 1.83 bits per heavy atom. The van der Waals surface area contributed by atoms with Crippen molar-refractivity contribution in [3.8, 4) is 5.75 Å². The highest BCUT2D eigenvalue weighted by atomic mass is 32.1. The Morgan fingerprint density at radius 2 is 2.58 bits per heavy atom. The average molecular weight is 183 g/mol. The third-order valence-corrected chi connectivity index (χ3v) is 2.66. The van der Waals surface area contributed by atoms with Gasteiger partial charge in [-0.05, 0) is 17.9 Å². The summed E-state index contributed by atoms with van der Waals surface area (Å²) in [5.74, 6) is 0.884. The van der Waals surface area contributed by atoms with E-state index in [-0.39, 0.29) is 6.04 Å². The van der Waals surface area contributed by atoms with Gasteiger partial charge in [-0.3, -0.25) is 0 Å². The van der Waals surface area contributed by atoms with Crippen molar-refractivity contribution in [2.45, 2.75) is 12.5 Å². The van der Waals surface area contributed by atoms with Crippen molar-refractivity contribution >= 4 is 11.3 Å². The summed E-state index contributed by atoms with van der Waals surface area (Å²) in [5.41, 5.74) is 5.89. The molecule has 12 heavy (non-hydrogen) atoms. The zero-order chi connectivity index (χ0) is 8.97. The van der Waals surface area contributed by atoms with Crippen LogP contribution in [0, 0.1) is 0 Å². The highest BCUT2D eigenvalue weighted by molar-refractivity contribution is 7.10. The molecule has 2 nitrogen and oxygen atoms in total. The molecule has 0 spiro atoms. The van der Waals surface area contributed by atoms with Gasteiger partial charge in [-0.25, -0.2) is 0 Å². The van der Waals surface area contributed by atoms with Crippen LogP contribution in [0.4, 0.5) is 0 Å². The van der Waals surface area contributed by atoms with Crippen LogP contribution in [0.3, 0.4) is 0 Å². The number of hydrogen-bond acceptors (Lipinski definition) is 3. The molecule has 0 bridgehead atoms. The first-order valence-corrected chi connectivity index (χ1v) is 4.65. The molecule has 3 heteroatoms. The Hall–Kier alpha value is -0.800. The van der Waals surface area contributed by atoms with Crippen LogP contribution in [0.15, 0.2) is 24.1 Å². The van der Waals surface area contributed by atoms with E-state index in [9.17, 15) is 0 Å². The zero-order valence-corrected chi connectivity index (χ0v) is 7.93. The maximum absolute atomic E-state index is 5.89. The molecule has 1 unspecified atom stereocenters. The Labute approximate surface area is 76.7 Å².